The van der Waals surface area contributed by atoms with E-state index in [2.05, 4.69) is 46.6 Å². The maximum atomic E-state index is 5.65. The van der Waals surface area contributed by atoms with E-state index in [-0.39, 0.29) is 0 Å². The minimum Gasteiger partial charge on any atom is -0.384 e. The van der Waals surface area contributed by atoms with Gasteiger partial charge in [0.05, 0.1) is 0 Å². The fraction of sp³-hybridized carbons (Fsp3) is 0.267. The van der Waals surface area contributed by atoms with E-state index in [9.17, 15) is 0 Å². The van der Waals surface area contributed by atoms with Gasteiger partial charge < -0.3 is 10.6 Å². The molecule has 0 saturated carbocycles. The second-order valence-electron chi connectivity index (χ2n) is 4.98. The van der Waals surface area contributed by atoms with Gasteiger partial charge in [-0.2, -0.15) is 0 Å². The van der Waals surface area contributed by atoms with Crippen LogP contribution in [-0.2, 0) is 0 Å². The molecule has 19 heavy (non-hydrogen) atoms. The molecule has 0 aliphatic carbocycles. The van der Waals surface area contributed by atoms with E-state index in [1.807, 2.05) is 23.6 Å². The summed E-state index contributed by atoms with van der Waals surface area (Å²) in [6.07, 6.45) is 4.24. The highest BCUT2D eigenvalue weighted by Crippen LogP contribution is 2.31. The van der Waals surface area contributed by atoms with E-state index in [0.29, 0.717) is 11.7 Å². The lowest BCUT2D eigenvalue weighted by molar-refractivity contribution is 0.354. The van der Waals surface area contributed by atoms with Crippen LogP contribution in [0.1, 0.15) is 16.4 Å². The maximum Gasteiger partial charge on any atom is 0.123 e. The Morgan fingerprint density at radius 1 is 1.37 bits per heavy atom. The zero-order valence-electron chi connectivity index (χ0n) is 10.9. The predicted molar refractivity (Wildman–Crippen MR) is 81.2 cm³/mol. The van der Waals surface area contributed by atoms with E-state index in [0.717, 1.165) is 13.1 Å². The first kappa shape index (κ1) is 12.4. The number of hydrogen-bond donors (Lipinski definition) is 1. The number of thiophene rings is 1. The molecule has 1 atom stereocenters. The van der Waals surface area contributed by atoms with Crippen molar-refractivity contribution >= 4 is 22.7 Å². The summed E-state index contributed by atoms with van der Waals surface area (Å²) in [5.41, 5.74) is 8.15. The van der Waals surface area contributed by atoms with Crippen LogP contribution in [0.25, 0.3) is 5.57 Å². The number of hydrogen-bond acceptors (Lipinski definition) is 4. The summed E-state index contributed by atoms with van der Waals surface area (Å²) < 4.78 is 0. The van der Waals surface area contributed by atoms with Crippen molar-refractivity contribution in [2.75, 3.05) is 25.9 Å². The summed E-state index contributed by atoms with van der Waals surface area (Å²) in [6, 6.07) is 8.25. The van der Waals surface area contributed by atoms with E-state index in [1.54, 1.807) is 0 Å². The highest BCUT2D eigenvalue weighted by molar-refractivity contribution is 7.10. The molecule has 3 heterocycles. The zero-order chi connectivity index (χ0) is 13.2. The molecular weight excluding hydrogens is 254 g/mol. The lowest BCUT2D eigenvalue weighted by Crippen LogP contribution is -2.29. The summed E-state index contributed by atoms with van der Waals surface area (Å²) in [5, 5.41) is 2.14. The number of anilines is 1. The lowest BCUT2D eigenvalue weighted by Gasteiger charge is -2.28. The largest absolute Gasteiger partial charge is 0.384 e. The monoisotopic (exact) mass is 271 g/mol. The van der Waals surface area contributed by atoms with Gasteiger partial charge in [0.1, 0.15) is 5.82 Å². The number of rotatable bonds is 2. The number of nitrogens with zero attached hydrogens (tertiary/aromatic N) is 2. The number of likely N-dealkylation sites (N-methyl/N-ethyl adjacent to an activating group) is 1. The second-order valence-corrected chi connectivity index (χ2v) is 5.96. The minimum absolute atomic E-state index is 0.478. The molecule has 0 amide bonds. The van der Waals surface area contributed by atoms with Crippen LogP contribution in [0.5, 0.6) is 0 Å². The topological polar surface area (TPSA) is 42.1 Å². The molecule has 0 saturated heterocycles. The Balaban J connectivity index is 1.93. The molecule has 2 N–H and O–H groups in total. The molecule has 0 radical (unpaired) electrons. The molecule has 3 rings (SSSR count). The number of aromatic nitrogens is 1. The molecule has 1 aliphatic rings. The Kier molecular flexibility index (Phi) is 3.36. The molecule has 98 valence electrons. The van der Waals surface area contributed by atoms with Gasteiger partial charge in [-0.15, -0.1) is 11.3 Å². The normalized spacial score (nSPS) is 20.3. The summed E-state index contributed by atoms with van der Waals surface area (Å²) >= 11 is 1.82. The second kappa shape index (κ2) is 5.15. The molecule has 2 aromatic heterocycles. The molecule has 0 fully saturated rings. The van der Waals surface area contributed by atoms with Crippen molar-refractivity contribution in [2.45, 2.75) is 5.92 Å². The zero-order valence-corrected chi connectivity index (χ0v) is 11.7. The highest BCUT2D eigenvalue weighted by Gasteiger charge is 2.20. The highest BCUT2D eigenvalue weighted by atomic mass is 32.1. The van der Waals surface area contributed by atoms with Crippen LogP contribution in [0.4, 0.5) is 5.82 Å². The first-order valence-corrected chi connectivity index (χ1v) is 7.25. The maximum absolute atomic E-state index is 5.65. The molecule has 0 spiro atoms. The van der Waals surface area contributed by atoms with Gasteiger partial charge in [0.15, 0.2) is 0 Å². The van der Waals surface area contributed by atoms with Gasteiger partial charge in [0, 0.05) is 30.1 Å². The predicted octanol–water partition coefficient (Wildman–Crippen LogP) is 2.84. The van der Waals surface area contributed by atoms with E-state index in [1.165, 1.54) is 16.0 Å². The van der Waals surface area contributed by atoms with Crippen molar-refractivity contribution in [3.8, 4) is 0 Å². The first-order valence-electron chi connectivity index (χ1n) is 6.37. The molecular formula is C15H17N3S. The van der Waals surface area contributed by atoms with Crippen molar-refractivity contribution in [1.82, 2.24) is 9.88 Å². The quantitative estimate of drug-likeness (QED) is 0.913. The number of nitrogen functional groups attached to an aromatic ring is 1. The molecule has 1 aliphatic heterocycles. The molecule has 0 aromatic carbocycles. The van der Waals surface area contributed by atoms with Crippen LogP contribution in [0.3, 0.4) is 0 Å². The fourth-order valence-electron chi connectivity index (χ4n) is 2.50. The SMILES string of the molecule is CN1CC(c2ccc(N)nc2)=CC(c2cccs2)C1. The van der Waals surface area contributed by atoms with Gasteiger partial charge >= 0.3 is 0 Å². The van der Waals surface area contributed by atoms with Crippen molar-refractivity contribution in [3.63, 3.8) is 0 Å². The smallest absolute Gasteiger partial charge is 0.123 e. The van der Waals surface area contributed by atoms with Gasteiger partial charge in [0.25, 0.3) is 0 Å². The Bertz CT molecular complexity index is 572. The summed E-state index contributed by atoms with van der Waals surface area (Å²) in [6.45, 7) is 2.04. The first-order chi connectivity index (χ1) is 9.22. The van der Waals surface area contributed by atoms with Crippen LogP contribution in [-0.4, -0.2) is 30.0 Å². The average Bonchev–Trinajstić information content (AvgIpc) is 2.93. The Labute approximate surface area is 117 Å². The van der Waals surface area contributed by atoms with E-state index in [4.69, 9.17) is 5.73 Å². The summed E-state index contributed by atoms with van der Waals surface area (Å²) in [5.74, 6) is 1.05. The van der Waals surface area contributed by atoms with Gasteiger partial charge in [-0.1, -0.05) is 12.1 Å². The lowest BCUT2D eigenvalue weighted by atomic mass is 9.95. The summed E-state index contributed by atoms with van der Waals surface area (Å²) in [4.78, 5) is 7.97. The third-order valence-electron chi connectivity index (χ3n) is 3.42. The average molecular weight is 271 g/mol. The van der Waals surface area contributed by atoms with Crippen molar-refractivity contribution < 1.29 is 0 Å². The minimum atomic E-state index is 0.478. The van der Waals surface area contributed by atoms with Crippen LogP contribution < -0.4 is 5.73 Å². The van der Waals surface area contributed by atoms with Gasteiger partial charge in [-0.3, -0.25) is 0 Å². The standard InChI is InChI=1S/C15H17N3S/c1-18-9-12(11-4-5-15(16)17-8-11)7-13(10-18)14-3-2-6-19-14/h2-8,13H,9-10H2,1H3,(H2,16,17). The molecule has 0 bridgehead atoms. The molecule has 3 nitrogen and oxygen atoms in total. The van der Waals surface area contributed by atoms with E-state index >= 15 is 0 Å². The van der Waals surface area contributed by atoms with Crippen molar-refractivity contribution in [2.24, 2.45) is 0 Å². The summed E-state index contributed by atoms with van der Waals surface area (Å²) in [7, 11) is 2.17. The Morgan fingerprint density at radius 2 is 2.26 bits per heavy atom. The molecule has 1 unspecified atom stereocenters. The van der Waals surface area contributed by atoms with E-state index < -0.39 is 0 Å². The van der Waals surface area contributed by atoms with Crippen LogP contribution in [0.2, 0.25) is 0 Å². The van der Waals surface area contributed by atoms with Gasteiger partial charge in [-0.25, -0.2) is 4.98 Å². The van der Waals surface area contributed by atoms with Crippen LogP contribution >= 0.6 is 11.3 Å². The Hall–Kier alpha value is -1.65. The fourth-order valence-corrected chi connectivity index (χ4v) is 3.29. The Morgan fingerprint density at radius 3 is 2.95 bits per heavy atom. The van der Waals surface area contributed by atoms with Crippen LogP contribution in [0.15, 0.2) is 41.9 Å². The van der Waals surface area contributed by atoms with Gasteiger partial charge in [-0.05, 0) is 41.8 Å². The molecule has 4 heteroatoms. The van der Waals surface area contributed by atoms with Crippen LogP contribution in [0, 0.1) is 0 Å². The third kappa shape index (κ3) is 2.69. The van der Waals surface area contributed by atoms with Crippen molar-refractivity contribution in [1.29, 1.82) is 0 Å². The molecule has 2 aromatic rings. The van der Waals surface area contributed by atoms with Crippen molar-refractivity contribution in [3.05, 3.63) is 52.4 Å². The number of pyridine rings is 1. The van der Waals surface area contributed by atoms with Gasteiger partial charge in [0.2, 0.25) is 0 Å². The third-order valence-corrected chi connectivity index (χ3v) is 4.42. The number of nitrogens with two attached hydrogens (primary N) is 1.